The Hall–Kier alpha value is -2.00. The third kappa shape index (κ3) is 6.25. The minimum atomic E-state index is 0. The highest BCUT2D eigenvalue weighted by atomic mass is 35.5. The molecule has 4 heteroatoms. The van der Waals surface area contributed by atoms with Crippen LogP contribution in [0.25, 0.3) is 0 Å². The van der Waals surface area contributed by atoms with Gasteiger partial charge in [-0.3, -0.25) is 4.79 Å². The van der Waals surface area contributed by atoms with Gasteiger partial charge in [0, 0.05) is 18.2 Å². The molecule has 2 rings (SSSR count). The largest absolute Gasteiger partial charge is 0.399 e. The van der Waals surface area contributed by atoms with Crippen LogP contribution in [0.5, 0.6) is 0 Å². The molecular weight excluding hydrogens is 320 g/mol. The molecule has 0 bridgehead atoms. The van der Waals surface area contributed by atoms with E-state index >= 15 is 0 Å². The van der Waals surface area contributed by atoms with Crippen molar-refractivity contribution in [1.29, 1.82) is 0 Å². The van der Waals surface area contributed by atoms with Gasteiger partial charge in [-0.05, 0) is 42.0 Å². The van der Waals surface area contributed by atoms with Gasteiger partial charge in [0.25, 0.3) is 0 Å². The number of carbonyl (C=O) groups excluding carboxylic acids is 1. The van der Waals surface area contributed by atoms with E-state index in [0.29, 0.717) is 12.5 Å². The molecule has 24 heavy (non-hydrogen) atoms. The number of nitrogens with two attached hydrogens (primary N) is 1. The number of anilines is 1. The van der Waals surface area contributed by atoms with E-state index in [2.05, 4.69) is 31.3 Å². The Morgan fingerprint density at radius 1 is 1.00 bits per heavy atom. The second-order valence-electron chi connectivity index (χ2n) is 6.32. The Morgan fingerprint density at radius 3 is 2.21 bits per heavy atom. The van der Waals surface area contributed by atoms with E-state index in [-0.39, 0.29) is 24.2 Å². The Balaban J connectivity index is 0.00000288. The van der Waals surface area contributed by atoms with Crippen molar-refractivity contribution in [3.63, 3.8) is 0 Å². The second-order valence-corrected chi connectivity index (χ2v) is 6.32. The van der Waals surface area contributed by atoms with E-state index in [1.54, 1.807) is 0 Å². The molecule has 1 atom stereocenters. The number of halogens is 1. The predicted molar refractivity (Wildman–Crippen MR) is 103 cm³/mol. The van der Waals surface area contributed by atoms with E-state index in [1.165, 1.54) is 11.1 Å². The molecule has 1 amide bonds. The summed E-state index contributed by atoms with van der Waals surface area (Å²) < 4.78 is 0. The van der Waals surface area contributed by atoms with Gasteiger partial charge in [0.1, 0.15) is 0 Å². The smallest absolute Gasteiger partial charge is 0.223 e. The first kappa shape index (κ1) is 20.0. The lowest BCUT2D eigenvalue weighted by Crippen LogP contribution is -2.36. The van der Waals surface area contributed by atoms with E-state index in [0.717, 1.165) is 18.5 Å². The van der Waals surface area contributed by atoms with Crippen LogP contribution in [-0.2, 0) is 17.6 Å². The molecular formula is C20H27ClN2O. The van der Waals surface area contributed by atoms with Crippen LogP contribution in [-0.4, -0.2) is 12.5 Å². The van der Waals surface area contributed by atoms with Gasteiger partial charge in [0.15, 0.2) is 0 Å². The van der Waals surface area contributed by atoms with Crippen LogP contribution in [0.15, 0.2) is 54.6 Å². The summed E-state index contributed by atoms with van der Waals surface area (Å²) in [5, 5.41) is 3.08. The number of benzene rings is 2. The molecule has 0 heterocycles. The van der Waals surface area contributed by atoms with Gasteiger partial charge < -0.3 is 11.1 Å². The molecule has 3 N–H and O–H groups in total. The normalized spacial score (nSPS) is 11.6. The van der Waals surface area contributed by atoms with Gasteiger partial charge in [-0.15, -0.1) is 12.4 Å². The average molecular weight is 347 g/mol. The fourth-order valence-corrected chi connectivity index (χ4v) is 2.64. The zero-order chi connectivity index (χ0) is 16.7. The molecule has 0 saturated carbocycles. The monoisotopic (exact) mass is 346 g/mol. The van der Waals surface area contributed by atoms with Crippen molar-refractivity contribution in [3.8, 4) is 0 Å². The fraction of sp³-hybridized carbons (Fsp3) is 0.350. The SMILES string of the molecule is CC(C)C(Cc1ccccc1)C(=O)NCCc1ccc(N)cc1.Cl. The summed E-state index contributed by atoms with van der Waals surface area (Å²) >= 11 is 0. The quantitative estimate of drug-likeness (QED) is 0.748. The topological polar surface area (TPSA) is 55.1 Å². The third-order valence-corrected chi connectivity index (χ3v) is 4.13. The molecule has 0 aliphatic carbocycles. The van der Waals surface area contributed by atoms with Crippen molar-refractivity contribution >= 4 is 24.0 Å². The first-order chi connectivity index (χ1) is 11.1. The molecule has 0 aromatic heterocycles. The van der Waals surface area contributed by atoms with Crippen LogP contribution in [0, 0.1) is 11.8 Å². The maximum absolute atomic E-state index is 12.5. The molecule has 1 unspecified atom stereocenters. The maximum Gasteiger partial charge on any atom is 0.223 e. The lowest BCUT2D eigenvalue weighted by molar-refractivity contribution is -0.126. The van der Waals surface area contributed by atoms with E-state index in [9.17, 15) is 4.79 Å². The Labute approximate surface area is 151 Å². The lowest BCUT2D eigenvalue weighted by atomic mass is 9.88. The summed E-state index contributed by atoms with van der Waals surface area (Å²) in [4.78, 5) is 12.5. The number of carbonyl (C=O) groups is 1. The van der Waals surface area contributed by atoms with Gasteiger partial charge in [-0.2, -0.15) is 0 Å². The summed E-state index contributed by atoms with van der Waals surface area (Å²) in [6, 6.07) is 18.0. The molecule has 0 spiro atoms. The molecule has 3 nitrogen and oxygen atoms in total. The fourth-order valence-electron chi connectivity index (χ4n) is 2.64. The van der Waals surface area contributed by atoms with Crippen molar-refractivity contribution in [2.45, 2.75) is 26.7 Å². The summed E-state index contributed by atoms with van der Waals surface area (Å²) in [7, 11) is 0. The number of hydrogen-bond donors (Lipinski definition) is 2. The maximum atomic E-state index is 12.5. The Morgan fingerprint density at radius 2 is 1.62 bits per heavy atom. The number of hydrogen-bond acceptors (Lipinski definition) is 2. The van der Waals surface area contributed by atoms with Crippen molar-refractivity contribution in [3.05, 3.63) is 65.7 Å². The molecule has 0 fully saturated rings. The van der Waals surface area contributed by atoms with Gasteiger partial charge in [0.2, 0.25) is 5.91 Å². The van der Waals surface area contributed by atoms with E-state index in [1.807, 2.05) is 42.5 Å². The lowest BCUT2D eigenvalue weighted by Gasteiger charge is -2.20. The van der Waals surface area contributed by atoms with Gasteiger partial charge in [-0.1, -0.05) is 56.3 Å². The predicted octanol–water partition coefficient (Wildman–Crippen LogP) is 3.86. The summed E-state index contributed by atoms with van der Waals surface area (Å²) in [6.45, 7) is 4.86. The van der Waals surface area contributed by atoms with E-state index in [4.69, 9.17) is 5.73 Å². The van der Waals surface area contributed by atoms with E-state index < -0.39 is 0 Å². The van der Waals surface area contributed by atoms with Gasteiger partial charge >= 0.3 is 0 Å². The van der Waals surface area contributed by atoms with Crippen LogP contribution in [0.4, 0.5) is 5.69 Å². The molecule has 0 radical (unpaired) electrons. The highest BCUT2D eigenvalue weighted by molar-refractivity contribution is 5.85. The van der Waals surface area contributed by atoms with Crippen molar-refractivity contribution in [1.82, 2.24) is 5.32 Å². The Bertz CT molecular complexity index is 611. The molecule has 130 valence electrons. The molecule has 2 aromatic carbocycles. The Kier molecular flexibility index (Phi) is 8.34. The van der Waals surface area contributed by atoms with Crippen LogP contribution >= 0.6 is 12.4 Å². The number of rotatable bonds is 7. The molecule has 0 aliphatic rings. The highest BCUT2D eigenvalue weighted by Gasteiger charge is 2.22. The van der Waals surface area contributed by atoms with Crippen molar-refractivity contribution in [2.24, 2.45) is 11.8 Å². The number of nitrogen functional groups attached to an aromatic ring is 1. The average Bonchev–Trinajstić information content (AvgIpc) is 2.55. The first-order valence-electron chi connectivity index (χ1n) is 8.22. The third-order valence-electron chi connectivity index (χ3n) is 4.13. The number of amides is 1. The minimum absolute atomic E-state index is 0. The first-order valence-corrected chi connectivity index (χ1v) is 8.22. The summed E-state index contributed by atoms with van der Waals surface area (Å²) in [6.07, 6.45) is 1.61. The van der Waals surface area contributed by atoms with Crippen LogP contribution in [0.1, 0.15) is 25.0 Å². The molecule has 2 aromatic rings. The van der Waals surface area contributed by atoms with Crippen LogP contribution < -0.4 is 11.1 Å². The second kappa shape index (κ2) is 9.99. The van der Waals surface area contributed by atoms with Crippen molar-refractivity contribution in [2.75, 3.05) is 12.3 Å². The van der Waals surface area contributed by atoms with Gasteiger partial charge in [0.05, 0.1) is 0 Å². The highest BCUT2D eigenvalue weighted by Crippen LogP contribution is 2.17. The molecule has 0 saturated heterocycles. The van der Waals surface area contributed by atoms with Crippen molar-refractivity contribution < 1.29 is 4.79 Å². The minimum Gasteiger partial charge on any atom is -0.399 e. The van der Waals surface area contributed by atoms with Gasteiger partial charge in [-0.25, -0.2) is 0 Å². The van der Waals surface area contributed by atoms with Crippen LogP contribution in [0.3, 0.4) is 0 Å². The summed E-state index contributed by atoms with van der Waals surface area (Å²) in [5.41, 5.74) is 8.84. The zero-order valence-electron chi connectivity index (χ0n) is 14.4. The standard InChI is InChI=1S/C20H26N2O.ClH/c1-15(2)19(14-17-6-4-3-5-7-17)20(23)22-13-12-16-8-10-18(21)11-9-16;/h3-11,15,19H,12-14,21H2,1-2H3,(H,22,23);1H. The number of nitrogens with one attached hydrogen (secondary N) is 1. The molecule has 0 aliphatic heterocycles. The van der Waals surface area contributed by atoms with Crippen LogP contribution in [0.2, 0.25) is 0 Å². The zero-order valence-corrected chi connectivity index (χ0v) is 15.2. The summed E-state index contributed by atoms with van der Waals surface area (Å²) in [5.74, 6) is 0.454.